The summed E-state index contributed by atoms with van der Waals surface area (Å²) >= 11 is 11.9. The normalized spacial score (nSPS) is 16.7. The van der Waals surface area contributed by atoms with Crippen molar-refractivity contribution in [3.8, 4) is 0 Å². The molecule has 0 saturated carbocycles. The number of aromatic nitrogens is 2. The van der Waals surface area contributed by atoms with Crippen molar-refractivity contribution >= 4 is 29.3 Å². The van der Waals surface area contributed by atoms with Gasteiger partial charge in [0.15, 0.2) is 10.3 Å². The number of hydrogen-bond donors (Lipinski definition) is 0. The summed E-state index contributed by atoms with van der Waals surface area (Å²) in [5.41, 5.74) is 0.457. The molecule has 1 aromatic rings. The van der Waals surface area contributed by atoms with Gasteiger partial charge in [-0.2, -0.15) is 0 Å². The molecule has 1 amide bonds. The van der Waals surface area contributed by atoms with E-state index in [0.717, 1.165) is 24.8 Å². The molecule has 7 heteroatoms. The van der Waals surface area contributed by atoms with Crippen molar-refractivity contribution in [2.45, 2.75) is 45.6 Å². The smallest absolute Gasteiger partial charge is 0.410 e. The molecule has 1 saturated heterocycles. The van der Waals surface area contributed by atoms with Gasteiger partial charge in [-0.3, -0.25) is 0 Å². The van der Waals surface area contributed by atoms with Gasteiger partial charge in [-0.05, 0) is 57.6 Å². The second-order valence-electron chi connectivity index (χ2n) is 6.60. The van der Waals surface area contributed by atoms with Crippen LogP contribution in [0.15, 0.2) is 6.07 Å². The minimum atomic E-state index is -0.457. The second kappa shape index (κ2) is 7.01. The van der Waals surface area contributed by atoms with Crippen LogP contribution in [0.25, 0.3) is 0 Å². The van der Waals surface area contributed by atoms with E-state index in [1.54, 1.807) is 11.0 Å². The number of ether oxygens (including phenoxy) is 1. The Kier molecular flexibility index (Phi) is 5.50. The third kappa shape index (κ3) is 4.99. The number of rotatable bonds is 2. The summed E-state index contributed by atoms with van der Waals surface area (Å²) in [7, 11) is 0. The lowest BCUT2D eigenvalue weighted by Crippen LogP contribution is -2.42. The summed E-state index contributed by atoms with van der Waals surface area (Å²) in [6.07, 6.45) is 2.39. The molecule has 0 N–H and O–H groups in total. The van der Waals surface area contributed by atoms with Gasteiger partial charge in [-0.25, -0.2) is 4.79 Å². The van der Waals surface area contributed by atoms with Gasteiger partial charge < -0.3 is 9.64 Å². The number of amides is 1. The third-order valence-electron chi connectivity index (χ3n) is 3.57. The van der Waals surface area contributed by atoms with Crippen LogP contribution < -0.4 is 0 Å². The fourth-order valence-electron chi connectivity index (χ4n) is 2.49. The Hall–Kier alpha value is -1.07. The molecule has 5 nitrogen and oxygen atoms in total. The van der Waals surface area contributed by atoms with Crippen LogP contribution in [-0.4, -0.2) is 39.9 Å². The van der Waals surface area contributed by atoms with E-state index in [4.69, 9.17) is 27.9 Å². The van der Waals surface area contributed by atoms with E-state index < -0.39 is 5.60 Å². The number of hydrogen-bond acceptors (Lipinski definition) is 4. The molecule has 1 aliphatic heterocycles. The standard InChI is InChI=1S/C15H21Cl2N3O2/c1-15(2,3)22-14(21)20-6-4-10(5-7-20)8-11-9-12(16)18-19-13(11)17/h9-10H,4-8H2,1-3H3. The number of nitrogens with zero attached hydrogens (tertiary/aromatic N) is 3. The van der Waals surface area contributed by atoms with E-state index in [1.165, 1.54) is 0 Å². The molecule has 0 spiro atoms. The maximum absolute atomic E-state index is 12.0. The maximum Gasteiger partial charge on any atom is 0.410 e. The molecule has 0 aromatic carbocycles. The van der Waals surface area contributed by atoms with Gasteiger partial charge in [0.1, 0.15) is 5.60 Å². The SMILES string of the molecule is CC(C)(C)OC(=O)N1CCC(Cc2cc(Cl)nnc2Cl)CC1. The molecule has 1 aliphatic rings. The van der Waals surface area contributed by atoms with Crippen molar-refractivity contribution in [1.29, 1.82) is 0 Å². The zero-order valence-corrected chi connectivity index (χ0v) is 14.6. The van der Waals surface area contributed by atoms with Crippen molar-refractivity contribution in [2.24, 2.45) is 5.92 Å². The van der Waals surface area contributed by atoms with Crippen LogP contribution in [0.4, 0.5) is 4.79 Å². The molecule has 22 heavy (non-hydrogen) atoms. The number of piperidine rings is 1. The highest BCUT2D eigenvalue weighted by atomic mass is 35.5. The van der Waals surface area contributed by atoms with E-state index >= 15 is 0 Å². The van der Waals surface area contributed by atoms with Crippen molar-refractivity contribution in [3.63, 3.8) is 0 Å². The van der Waals surface area contributed by atoms with Crippen molar-refractivity contribution < 1.29 is 9.53 Å². The molecule has 0 unspecified atom stereocenters. The zero-order chi connectivity index (χ0) is 16.3. The number of carbonyl (C=O) groups excluding carboxylic acids is 1. The summed E-state index contributed by atoms with van der Waals surface area (Å²) in [6, 6.07) is 1.76. The minimum absolute atomic E-state index is 0.238. The Balaban J connectivity index is 1.87. The van der Waals surface area contributed by atoms with Crippen LogP contribution in [-0.2, 0) is 11.2 Å². The summed E-state index contributed by atoms with van der Waals surface area (Å²) in [5, 5.41) is 8.30. The molecular weight excluding hydrogens is 325 g/mol. The molecular formula is C15H21Cl2N3O2. The number of likely N-dealkylation sites (tertiary alicyclic amines) is 1. The van der Waals surface area contributed by atoms with Gasteiger partial charge >= 0.3 is 6.09 Å². The summed E-state index contributed by atoms with van der Waals surface area (Å²) in [5.74, 6) is 0.455. The topological polar surface area (TPSA) is 55.3 Å². The quantitative estimate of drug-likeness (QED) is 0.813. The first-order valence-electron chi connectivity index (χ1n) is 7.40. The lowest BCUT2D eigenvalue weighted by molar-refractivity contribution is 0.0184. The van der Waals surface area contributed by atoms with Crippen LogP contribution in [0.3, 0.4) is 0 Å². The zero-order valence-electron chi connectivity index (χ0n) is 13.1. The van der Waals surface area contributed by atoms with Gasteiger partial charge in [-0.1, -0.05) is 23.2 Å². The fourth-order valence-corrected chi connectivity index (χ4v) is 2.83. The Labute approximate surface area is 140 Å². The highest BCUT2D eigenvalue weighted by molar-refractivity contribution is 6.31. The molecule has 0 atom stereocenters. The van der Waals surface area contributed by atoms with E-state index in [9.17, 15) is 4.79 Å². The van der Waals surface area contributed by atoms with Crippen LogP contribution in [0.5, 0.6) is 0 Å². The Morgan fingerprint density at radius 1 is 1.32 bits per heavy atom. The van der Waals surface area contributed by atoms with Crippen LogP contribution in [0.1, 0.15) is 39.2 Å². The predicted octanol–water partition coefficient (Wildman–Crippen LogP) is 3.97. The third-order valence-corrected chi connectivity index (χ3v) is 4.07. The summed E-state index contributed by atoms with van der Waals surface area (Å²) in [6.45, 7) is 7.02. The summed E-state index contributed by atoms with van der Waals surface area (Å²) < 4.78 is 5.40. The summed E-state index contributed by atoms with van der Waals surface area (Å²) in [4.78, 5) is 13.8. The van der Waals surface area contributed by atoms with Gasteiger partial charge in [-0.15, -0.1) is 10.2 Å². The number of carbonyl (C=O) groups is 1. The Morgan fingerprint density at radius 3 is 2.55 bits per heavy atom. The molecule has 122 valence electrons. The molecule has 0 bridgehead atoms. The fraction of sp³-hybridized carbons (Fsp3) is 0.667. The Bertz CT molecular complexity index is 538. The molecule has 2 heterocycles. The van der Waals surface area contributed by atoms with Gasteiger partial charge in [0.05, 0.1) is 0 Å². The highest BCUT2D eigenvalue weighted by Crippen LogP contribution is 2.26. The van der Waals surface area contributed by atoms with Crippen molar-refractivity contribution in [2.75, 3.05) is 13.1 Å². The maximum atomic E-state index is 12.0. The van der Waals surface area contributed by atoms with Gasteiger partial charge in [0.25, 0.3) is 0 Å². The molecule has 0 aliphatic carbocycles. The average molecular weight is 346 g/mol. The van der Waals surface area contributed by atoms with Crippen LogP contribution >= 0.6 is 23.2 Å². The van der Waals surface area contributed by atoms with Crippen molar-refractivity contribution in [1.82, 2.24) is 15.1 Å². The minimum Gasteiger partial charge on any atom is -0.444 e. The lowest BCUT2D eigenvalue weighted by Gasteiger charge is -2.33. The van der Waals surface area contributed by atoms with Crippen LogP contribution in [0.2, 0.25) is 10.3 Å². The monoisotopic (exact) mass is 345 g/mol. The second-order valence-corrected chi connectivity index (χ2v) is 7.34. The van der Waals surface area contributed by atoms with Gasteiger partial charge in [0, 0.05) is 13.1 Å². The van der Waals surface area contributed by atoms with E-state index in [0.29, 0.717) is 29.3 Å². The molecule has 1 aromatic heterocycles. The van der Waals surface area contributed by atoms with E-state index in [-0.39, 0.29) is 6.09 Å². The first-order valence-corrected chi connectivity index (χ1v) is 8.16. The molecule has 1 fully saturated rings. The van der Waals surface area contributed by atoms with Crippen molar-refractivity contribution in [3.05, 3.63) is 21.9 Å². The predicted molar refractivity (Wildman–Crippen MR) is 86.3 cm³/mol. The first kappa shape index (κ1) is 17.3. The largest absolute Gasteiger partial charge is 0.444 e. The van der Waals surface area contributed by atoms with Gasteiger partial charge in [0.2, 0.25) is 0 Å². The molecule has 2 rings (SSSR count). The highest BCUT2D eigenvalue weighted by Gasteiger charge is 2.27. The number of halogens is 2. The Morgan fingerprint density at radius 2 is 1.95 bits per heavy atom. The average Bonchev–Trinajstić information content (AvgIpc) is 2.42. The van der Waals surface area contributed by atoms with E-state index in [1.807, 2.05) is 20.8 Å². The molecule has 0 radical (unpaired) electrons. The van der Waals surface area contributed by atoms with E-state index in [2.05, 4.69) is 10.2 Å². The lowest BCUT2D eigenvalue weighted by atomic mass is 9.91. The van der Waals surface area contributed by atoms with Crippen LogP contribution in [0, 0.1) is 5.92 Å². The first-order chi connectivity index (χ1) is 10.2.